The molecular formula is C16H11N. The molecule has 0 N–H and O–H groups in total. The van der Waals surface area contributed by atoms with Gasteiger partial charge in [-0.15, -0.1) is 0 Å². The zero-order valence-corrected chi connectivity index (χ0v) is 9.35. The predicted molar refractivity (Wildman–Crippen MR) is 69.6 cm³/mol. The Labute approximate surface area is 99.5 Å². The number of para-hydroxylation sites is 1. The molecule has 0 spiro atoms. The Kier molecular flexibility index (Phi) is 1.67. The second kappa shape index (κ2) is 3.17. The zero-order valence-electron chi connectivity index (χ0n) is 9.35. The van der Waals surface area contributed by atoms with Gasteiger partial charge in [0.25, 0.3) is 0 Å². The molecule has 0 saturated carbocycles. The maximum Gasteiger partial charge on any atom is 0.0719 e. The quantitative estimate of drug-likeness (QED) is 0.548. The summed E-state index contributed by atoms with van der Waals surface area (Å²) in [4.78, 5) is 4.69. The van der Waals surface area contributed by atoms with E-state index < -0.39 is 0 Å². The van der Waals surface area contributed by atoms with Gasteiger partial charge in [-0.3, -0.25) is 0 Å². The van der Waals surface area contributed by atoms with Crippen molar-refractivity contribution in [1.29, 1.82) is 0 Å². The summed E-state index contributed by atoms with van der Waals surface area (Å²) in [5, 5.41) is 2.45. The molecule has 0 aromatic heterocycles. The molecule has 80 valence electrons. The van der Waals surface area contributed by atoms with E-state index in [-0.39, 0.29) is 0 Å². The third kappa shape index (κ3) is 1.17. The fourth-order valence-corrected chi connectivity index (χ4v) is 2.69. The van der Waals surface area contributed by atoms with Crippen molar-refractivity contribution >= 4 is 11.8 Å². The molecule has 1 aliphatic carbocycles. The number of allylic oxidation sites excluding steroid dienone is 2. The lowest BCUT2D eigenvalue weighted by Gasteiger charge is -2.09. The maximum atomic E-state index is 4.69. The highest BCUT2D eigenvalue weighted by molar-refractivity contribution is 5.82. The molecule has 0 unspecified atom stereocenters. The van der Waals surface area contributed by atoms with E-state index in [4.69, 9.17) is 0 Å². The van der Waals surface area contributed by atoms with Gasteiger partial charge < -0.3 is 0 Å². The van der Waals surface area contributed by atoms with Crippen molar-refractivity contribution in [2.24, 2.45) is 4.99 Å². The average Bonchev–Trinajstić information content (AvgIpc) is 2.77. The van der Waals surface area contributed by atoms with E-state index in [0.717, 1.165) is 17.5 Å². The highest BCUT2D eigenvalue weighted by atomic mass is 14.8. The third-order valence-electron chi connectivity index (χ3n) is 3.48. The predicted octanol–water partition coefficient (Wildman–Crippen LogP) is 2.51. The molecule has 0 amide bonds. The SMILES string of the molecule is C1=CCc2c3c(ccc2=C1)=Nc1ccccc1-3. The molecule has 0 saturated heterocycles. The monoisotopic (exact) mass is 217 g/mol. The van der Waals surface area contributed by atoms with E-state index in [1.807, 2.05) is 6.07 Å². The van der Waals surface area contributed by atoms with Crippen LogP contribution in [0.1, 0.15) is 5.56 Å². The first-order valence-electron chi connectivity index (χ1n) is 5.90. The van der Waals surface area contributed by atoms with Gasteiger partial charge in [0, 0.05) is 11.1 Å². The van der Waals surface area contributed by atoms with Crippen molar-refractivity contribution < 1.29 is 0 Å². The van der Waals surface area contributed by atoms with Gasteiger partial charge in [-0.2, -0.15) is 0 Å². The third-order valence-corrected chi connectivity index (χ3v) is 3.48. The first-order valence-corrected chi connectivity index (χ1v) is 5.90. The Balaban J connectivity index is 2.16. The average molecular weight is 217 g/mol. The fraction of sp³-hybridized carbons (Fsp3) is 0.0625. The van der Waals surface area contributed by atoms with Crippen LogP contribution in [0.2, 0.25) is 0 Å². The smallest absolute Gasteiger partial charge is 0.0719 e. The molecule has 1 heteroatoms. The molecule has 1 heterocycles. The number of benzene rings is 2. The summed E-state index contributed by atoms with van der Waals surface area (Å²) < 4.78 is 0. The summed E-state index contributed by atoms with van der Waals surface area (Å²) in [6, 6.07) is 12.7. The molecule has 4 rings (SSSR count). The normalized spacial score (nSPS) is 14.4. The molecular weight excluding hydrogens is 206 g/mol. The van der Waals surface area contributed by atoms with Crippen LogP contribution in [0.3, 0.4) is 0 Å². The van der Waals surface area contributed by atoms with Crippen molar-refractivity contribution in [2.75, 3.05) is 0 Å². The van der Waals surface area contributed by atoms with E-state index in [1.54, 1.807) is 0 Å². The number of hydrogen-bond donors (Lipinski definition) is 0. The Morgan fingerprint density at radius 2 is 1.94 bits per heavy atom. The minimum absolute atomic E-state index is 1.01. The largest absolute Gasteiger partial charge is 0.248 e. The maximum absolute atomic E-state index is 4.69. The molecule has 2 aromatic rings. The number of nitrogens with zero attached hydrogens (tertiary/aromatic N) is 1. The molecule has 2 aromatic carbocycles. The van der Waals surface area contributed by atoms with Crippen LogP contribution in [0.15, 0.2) is 53.5 Å². The van der Waals surface area contributed by atoms with Crippen LogP contribution in [-0.2, 0) is 6.42 Å². The van der Waals surface area contributed by atoms with Gasteiger partial charge in [-0.1, -0.05) is 42.5 Å². The first kappa shape index (κ1) is 8.94. The van der Waals surface area contributed by atoms with E-state index in [9.17, 15) is 0 Å². The van der Waals surface area contributed by atoms with Gasteiger partial charge in [-0.05, 0) is 29.3 Å². The van der Waals surface area contributed by atoms with Crippen LogP contribution < -0.4 is 10.6 Å². The molecule has 0 fully saturated rings. The van der Waals surface area contributed by atoms with Crippen LogP contribution in [0.4, 0.5) is 5.69 Å². The number of hydrogen-bond acceptors (Lipinski definition) is 1. The standard InChI is InChI=1S/C16H11N/c1-2-6-12-11(5-1)9-10-15-16(12)13-7-3-4-8-14(13)17-15/h1-5,7-10H,6H2. The van der Waals surface area contributed by atoms with E-state index in [1.165, 1.54) is 21.9 Å². The lowest BCUT2D eigenvalue weighted by atomic mass is 9.94. The second-order valence-electron chi connectivity index (χ2n) is 4.46. The van der Waals surface area contributed by atoms with Crippen LogP contribution in [0.25, 0.3) is 17.2 Å². The zero-order chi connectivity index (χ0) is 11.2. The topological polar surface area (TPSA) is 12.4 Å². The first-order chi connectivity index (χ1) is 8.43. The summed E-state index contributed by atoms with van der Waals surface area (Å²) in [7, 11) is 0. The summed E-state index contributed by atoms with van der Waals surface area (Å²) in [6.45, 7) is 0. The molecule has 1 nitrogen and oxygen atoms in total. The van der Waals surface area contributed by atoms with Gasteiger partial charge in [0.1, 0.15) is 0 Å². The second-order valence-corrected chi connectivity index (χ2v) is 4.46. The Hall–Kier alpha value is -2.15. The Morgan fingerprint density at radius 1 is 1.00 bits per heavy atom. The van der Waals surface area contributed by atoms with Crippen molar-refractivity contribution in [1.82, 2.24) is 0 Å². The Morgan fingerprint density at radius 3 is 2.94 bits per heavy atom. The fourth-order valence-electron chi connectivity index (χ4n) is 2.69. The summed E-state index contributed by atoms with van der Waals surface area (Å²) in [6.07, 6.45) is 7.54. The molecule has 0 atom stereocenters. The van der Waals surface area contributed by atoms with Crippen LogP contribution in [0, 0.1) is 0 Å². The molecule has 0 radical (unpaired) electrons. The summed E-state index contributed by atoms with van der Waals surface area (Å²) in [5.74, 6) is 0. The van der Waals surface area contributed by atoms with Crippen molar-refractivity contribution in [3.8, 4) is 11.1 Å². The molecule has 1 aliphatic heterocycles. The van der Waals surface area contributed by atoms with Gasteiger partial charge in [0.15, 0.2) is 0 Å². The lowest BCUT2D eigenvalue weighted by Crippen LogP contribution is -2.18. The summed E-state index contributed by atoms with van der Waals surface area (Å²) in [5.41, 5.74) is 5.13. The van der Waals surface area contributed by atoms with Gasteiger partial charge in [-0.25, -0.2) is 4.99 Å². The highest BCUT2D eigenvalue weighted by Gasteiger charge is 2.17. The molecule has 17 heavy (non-hydrogen) atoms. The van der Waals surface area contributed by atoms with Gasteiger partial charge in [0.05, 0.1) is 11.0 Å². The van der Waals surface area contributed by atoms with E-state index in [0.29, 0.717) is 0 Å². The van der Waals surface area contributed by atoms with Gasteiger partial charge in [0.2, 0.25) is 0 Å². The molecule has 2 aliphatic rings. The van der Waals surface area contributed by atoms with Crippen molar-refractivity contribution in [3.63, 3.8) is 0 Å². The number of fused-ring (bicyclic) bond motifs is 5. The van der Waals surface area contributed by atoms with Crippen molar-refractivity contribution in [3.05, 3.63) is 64.7 Å². The molecule has 0 bridgehead atoms. The van der Waals surface area contributed by atoms with Crippen LogP contribution >= 0.6 is 0 Å². The summed E-state index contributed by atoms with van der Waals surface area (Å²) >= 11 is 0. The van der Waals surface area contributed by atoms with E-state index >= 15 is 0 Å². The minimum Gasteiger partial charge on any atom is -0.248 e. The number of rotatable bonds is 0. The lowest BCUT2D eigenvalue weighted by molar-refractivity contribution is 1.21. The highest BCUT2D eigenvalue weighted by Crippen LogP contribution is 2.33. The van der Waals surface area contributed by atoms with Crippen molar-refractivity contribution in [2.45, 2.75) is 6.42 Å². The minimum atomic E-state index is 1.01. The van der Waals surface area contributed by atoms with Gasteiger partial charge >= 0.3 is 0 Å². The van der Waals surface area contributed by atoms with Crippen LogP contribution in [-0.4, -0.2) is 0 Å². The Bertz CT molecular complexity index is 767. The van der Waals surface area contributed by atoms with Crippen LogP contribution in [0.5, 0.6) is 0 Å². The van der Waals surface area contributed by atoms with E-state index in [2.05, 4.69) is 53.6 Å².